The number of rotatable bonds is 1. The third-order valence-corrected chi connectivity index (χ3v) is 5.50. The van der Waals surface area contributed by atoms with Gasteiger partial charge >= 0.3 is 0 Å². The van der Waals surface area contributed by atoms with E-state index >= 15 is 0 Å². The predicted octanol–water partition coefficient (Wildman–Crippen LogP) is 6.20. The van der Waals surface area contributed by atoms with Gasteiger partial charge in [-0.2, -0.15) is 0 Å². The van der Waals surface area contributed by atoms with Gasteiger partial charge in [-0.3, -0.25) is 0 Å². The van der Waals surface area contributed by atoms with Gasteiger partial charge in [0.2, 0.25) is 0 Å². The number of H-pyrrole nitrogens is 2. The van der Waals surface area contributed by atoms with Crippen molar-refractivity contribution in [2.24, 2.45) is 0 Å². The van der Waals surface area contributed by atoms with Crippen LogP contribution in [0.1, 0.15) is 22.3 Å². The molecule has 0 saturated carbocycles. The van der Waals surface area contributed by atoms with Crippen molar-refractivity contribution in [1.82, 2.24) is 9.97 Å². The molecule has 130 valence electrons. The summed E-state index contributed by atoms with van der Waals surface area (Å²) < 4.78 is 5.88. The summed E-state index contributed by atoms with van der Waals surface area (Å²) in [4.78, 5) is 7.19. The molecule has 0 radical (unpaired) electrons. The molecule has 0 atom stereocenters. The fourth-order valence-electron chi connectivity index (χ4n) is 4.62. The number of nitrogens with one attached hydrogen (secondary N) is 2. The lowest BCUT2D eigenvalue weighted by Gasteiger charge is -2.05. The fraction of sp³-hybridized carbons (Fsp3) is 0.217. The van der Waals surface area contributed by atoms with Crippen molar-refractivity contribution in [2.75, 3.05) is 7.11 Å². The van der Waals surface area contributed by atoms with Crippen molar-refractivity contribution in [2.45, 2.75) is 27.7 Å². The van der Waals surface area contributed by atoms with Gasteiger partial charge in [-0.25, -0.2) is 0 Å². The Morgan fingerprint density at radius 1 is 0.654 bits per heavy atom. The molecule has 0 fully saturated rings. The number of benzene rings is 3. The fourth-order valence-corrected chi connectivity index (χ4v) is 4.62. The van der Waals surface area contributed by atoms with Gasteiger partial charge in [0.25, 0.3) is 0 Å². The van der Waals surface area contributed by atoms with E-state index in [1.54, 1.807) is 7.11 Å². The summed E-state index contributed by atoms with van der Waals surface area (Å²) in [5.41, 5.74) is 9.57. The van der Waals surface area contributed by atoms with Gasteiger partial charge in [0.05, 0.1) is 18.1 Å². The molecule has 3 nitrogen and oxygen atoms in total. The Balaban J connectivity index is 2.07. The Labute approximate surface area is 152 Å². The summed E-state index contributed by atoms with van der Waals surface area (Å²) in [6.45, 7) is 8.64. The highest BCUT2D eigenvalue weighted by molar-refractivity contribution is 6.21. The lowest BCUT2D eigenvalue weighted by molar-refractivity contribution is 0.423. The second-order valence-electron chi connectivity index (χ2n) is 7.51. The van der Waals surface area contributed by atoms with Gasteiger partial charge in [-0.05, 0) is 68.1 Å². The molecule has 5 aromatic rings. The first-order chi connectivity index (χ1) is 12.5. The van der Waals surface area contributed by atoms with Crippen molar-refractivity contribution in [3.8, 4) is 5.75 Å². The molecule has 0 spiro atoms. The number of methoxy groups -OCH3 is 1. The molecule has 2 heterocycles. The Bertz CT molecular complexity index is 1250. The van der Waals surface area contributed by atoms with Gasteiger partial charge in [-0.15, -0.1) is 0 Å². The largest absolute Gasteiger partial charge is 0.492 e. The van der Waals surface area contributed by atoms with Gasteiger partial charge in [0.15, 0.2) is 5.75 Å². The Morgan fingerprint density at radius 2 is 1.12 bits per heavy atom. The summed E-state index contributed by atoms with van der Waals surface area (Å²) in [5, 5.41) is 5.01. The molecule has 0 unspecified atom stereocenters. The molecule has 3 heteroatoms. The SMILES string of the molecule is COc1c2[nH]c3cc(C)cc(C)c3c2cc2c1[nH]c1cc(C)cc(C)c12. The number of fused-ring (bicyclic) bond motifs is 6. The summed E-state index contributed by atoms with van der Waals surface area (Å²) in [6, 6.07) is 11.2. The standard InChI is InChI=1S/C23H22N2O/c1-11-6-13(3)19-15-10-16-20-14(4)7-12(2)9-18(20)25-22(16)23(26-5)21(15)24-17(19)8-11/h6-10,24-25H,1-5H3. The van der Waals surface area contributed by atoms with E-state index in [4.69, 9.17) is 4.74 Å². The molecule has 2 aromatic heterocycles. The van der Waals surface area contributed by atoms with Crippen molar-refractivity contribution >= 4 is 43.6 Å². The molecule has 0 aliphatic carbocycles. The Kier molecular flexibility index (Phi) is 2.97. The molecule has 0 aliphatic rings. The van der Waals surface area contributed by atoms with E-state index in [1.807, 2.05) is 0 Å². The van der Waals surface area contributed by atoms with Crippen LogP contribution in [-0.4, -0.2) is 17.1 Å². The number of ether oxygens (including phenoxy) is 1. The zero-order valence-corrected chi connectivity index (χ0v) is 15.8. The van der Waals surface area contributed by atoms with Crippen LogP contribution in [0.4, 0.5) is 0 Å². The van der Waals surface area contributed by atoms with Crippen LogP contribution in [0.25, 0.3) is 43.6 Å². The molecule has 0 aliphatic heterocycles. The lowest BCUT2D eigenvalue weighted by atomic mass is 10.0. The van der Waals surface area contributed by atoms with Gasteiger partial charge in [-0.1, -0.05) is 12.1 Å². The maximum absolute atomic E-state index is 5.88. The Morgan fingerprint density at radius 3 is 1.54 bits per heavy atom. The molecular formula is C23H22N2O. The maximum Gasteiger partial charge on any atom is 0.166 e. The van der Waals surface area contributed by atoms with Gasteiger partial charge < -0.3 is 14.7 Å². The van der Waals surface area contributed by atoms with Gasteiger partial charge in [0.1, 0.15) is 0 Å². The van der Waals surface area contributed by atoms with E-state index in [0.717, 1.165) is 16.8 Å². The van der Waals surface area contributed by atoms with Crippen molar-refractivity contribution in [1.29, 1.82) is 0 Å². The zero-order chi connectivity index (χ0) is 18.2. The highest BCUT2D eigenvalue weighted by Gasteiger charge is 2.18. The van der Waals surface area contributed by atoms with E-state index in [1.165, 1.54) is 54.8 Å². The van der Waals surface area contributed by atoms with Crippen LogP contribution in [-0.2, 0) is 0 Å². The highest BCUT2D eigenvalue weighted by Crippen LogP contribution is 2.42. The number of hydrogen-bond acceptors (Lipinski definition) is 1. The first-order valence-corrected chi connectivity index (χ1v) is 9.00. The normalized spacial score (nSPS) is 12.0. The summed E-state index contributed by atoms with van der Waals surface area (Å²) in [5.74, 6) is 0.888. The third-order valence-electron chi connectivity index (χ3n) is 5.50. The molecule has 5 rings (SSSR count). The van der Waals surface area contributed by atoms with Crippen molar-refractivity contribution < 1.29 is 4.74 Å². The highest BCUT2D eigenvalue weighted by atomic mass is 16.5. The van der Waals surface area contributed by atoms with E-state index in [9.17, 15) is 0 Å². The molecule has 0 saturated heterocycles. The second kappa shape index (κ2) is 5.04. The van der Waals surface area contributed by atoms with Crippen LogP contribution >= 0.6 is 0 Å². The smallest absolute Gasteiger partial charge is 0.166 e. The molecule has 0 amide bonds. The molecule has 2 N–H and O–H groups in total. The molecule has 0 bridgehead atoms. The zero-order valence-electron chi connectivity index (χ0n) is 15.8. The van der Waals surface area contributed by atoms with Crippen molar-refractivity contribution in [3.05, 3.63) is 52.6 Å². The molecular weight excluding hydrogens is 320 g/mol. The topological polar surface area (TPSA) is 40.8 Å². The number of aryl methyl sites for hydroxylation is 4. The second-order valence-corrected chi connectivity index (χ2v) is 7.51. The summed E-state index contributed by atoms with van der Waals surface area (Å²) in [6.07, 6.45) is 0. The van der Waals surface area contributed by atoms with E-state index in [2.05, 4.69) is 68.0 Å². The summed E-state index contributed by atoms with van der Waals surface area (Å²) in [7, 11) is 1.75. The minimum absolute atomic E-state index is 0.888. The van der Waals surface area contributed by atoms with Crippen LogP contribution in [0.3, 0.4) is 0 Å². The average Bonchev–Trinajstić information content (AvgIpc) is 3.09. The predicted molar refractivity (Wildman–Crippen MR) is 111 cm³/mol. The maximum atomic E-state index is 5.88. The molecule has 26 heavy (non-hydrogen) atoms. The van der Waals surface area contributed by atoms with E-state index in [0.29, 0.717) is 0 Å². The first-order valence-electron chi connectivity index (χ1n) is 9.00. The minimum atomic E-state index is 0.888. The number of aromatic amines is 2. The minimum Gasteiger partial charge on any atom is -0.492 e. The van der Waals surface area contributed by atoms with Crippen LogP contribution in [0, 0.1) is 27.7 Å². The molecule has 3 aromatic carbocycles. The van der Waals surface area contributed by atoms with Crippen LogP contribution in [0.5, 0.6) is 5.75 Å². The third kappa shape index (κ3) is 1.88. The van der Waals surface area contributed by atoms with Crippen molar-refractivity contribution in [3.63, 3.8) is 0 Å². The number of aromatic nitrogens is 2. The lowest BCUT2D eigenvalue weighted by Crippen LogP contribution is -1.86. The van der Waals surface area contributed by atoms with Crippen LogP contribution in [0.15, 0.2) is 30.3 Å². The van der Waals surface area contributed by atoms with Crippen LogP contribution < -0.4 is 4.74 Å². The number of hydrogen-bond donors (Lipinski definition) is 2. The van der Waals surface area contributed by atoms with Crippen LogP contribution in [0.2, 0.25) is 0 Å². The Hall–Kier alpha value is -2.94. The average molecular weight is 342 g/mol. The summed E-state index contributed by atoms with van der Waals surface area (Å²) >= 11 is 0. The van der Waals surface area contributed by atoms with E-state index in [-0.39, 0.29) is 0 Å². The first kappa shape index (κ1) is 15.3. The van der Waals surface area contributed by atoms with Gasteiger partial charge in [0, 0.05) is 32.6 Å². The van der Waals surface area contributed by atoms with E-state index < -0.39 is 0 Å². The quantitative estimate of drug-likeness (QED) is 0.374. The monoisotopic (exact) mass is 342 g/mol.